The summed E-state index contributed by atoms with van der Waals surface area (Å²) >= 11 is 6.01. The molecule has 0 aromatic heterocycles. The number of carbonyl (C=O) groups is 3. The molecule has 2 aromatic carbocycles. The molecular formula is C22H20ClN3O5. The lowest BCUT2D eigenvalue weighted by Crippen LogP contribution is -2.48. The molecule has 2 heterocycles. The van der Waals surface area contributed by atoms with Gasteiger partial charge in [0.2, 0.25) is 5.91 Å². The molecule has 0 bridgehead atoms. The number of hydrazone groups is 1. The molecule has 4 rings (SSSR count). The number of amides is 2. The van der Waals surface area contributed by atoms with Gasteiger partial charge in [0.25, 0.3) is 5.91 Å². The molecule has 1 fully saturated rings. The Kier molecular flexibility index (Phi) is 5.41. The predicted octanol–water partition coefficient (Wildman–Crippen LogP) is 2.65. The van der Waals surface area contributed by atoms with E-state index in [0.717, 1.165) is 4.90 Å². The Morgan fingerprint density at radius 3 is 2.39 bits per heavy atom. The SMILES string of the molecule is CCOC(=O)C1=NN[C@@]2(c3ccc(Cl)cc3)C(=O)N(c3ccc(OCC)cc3)C(=O)[C@H]12. The molecule has 31 heavy (non-hydrogen) atoms. The van der Waals surface area contributed by atoms with E-state index in [1.54, 1.807) is 55.5 Å². The van der Waals surface area contributed by atoms with Gasteiger partial charge < -0.3 is 9.47 Å². The molecule has 0 saturated carbocycles. The molecular weight excluding hydrogens is 422 g/mol. The van der Waals surface area contributed by atoms with Gasteiger partial charge in [-0.05, 0) is 55.8 Å². The number of ether oxygens (including phenoxy) is 2. The van der Waals surface area contributed by atoms with Crippen LogP contribution in [0, 0.1) is 5.92 Å². The molecule has 1 saturated heterocycles. The molecule has 2 aliphatic heterocycles. The minimum absolute atomic E-state index is 0.114. The van der Waals surface area contributed by atoms with E-state index in [1.165, 1.54) is 0 Å². The Morgan fingerprint density at radius 1 is 1.10 bits per heavy atom. The normalized spacial score (nSPS) is 22.1. The lowest BCUT2D eigenvalue weighted by molar-refractivity contribution is -0.136. The summed E-state index contributed by atoms with van der Waals surface area (Å²) in [6.45, 7) is 4.12. The first kappa shape index (κ1) is 20.9. The van der Waals surface area contributed by atoms with Crippen LogP contribution in [0.4, 0.5) is 5.69 Å². The van der Waals surface area contributed by atoms with Crippen molar-refractivity contribution < 1.29 is 23.9 Å². The molecule has 2 aromatic rings. The van der Waals surface area contributed by atoms with E-state index in [0.29, 0.717) is 28.6 Å². The number of nitrogens with one attached hydrogen (secondary N) is 1. The van der Waals surface area contributed by atoms with E-state index in [9.17, 15) is 14.4 Å². The van der Waals surface area contributed by atoms with Crippen molar-refractivity contribution in [3.05, 3.63) is 59.1 Å². The van der Waals surface area contributed by atoms with Crippen LogP contribution in [0.15, 0.2) is 53.6 Å². The van der Waals surface area contributed by atoms with Gasteiger partial charge in [-0.2, -0.15) is 5.10 Å². The summed E-state index contributed by atoms with van der Waals surface area (Å²) in [5, 5.41) is 4.52. The topological polar surface area (TPSA) is 97.3 Å². The van der Waals surface area contributed by atoms with Crippen LogP contribution in [0.25, 0.3) is 0 Å². The van der Waals surface area contributed by atoms with Gasteiger partial charge in [0.1, 0.15) is 11.7 Å². The molecule has 9 heteroatoms. The summed E-state index contributed by atoms with van der Waals surface area (Å²) in [6.07, 6.45) is 0. The van der Waals surface area contributed by atoms with Gasteiger partial charge in [-0.25, -0.2) is 9.69 Å². The van der Waals surface area contributed by atoms with E-state index < -0.39 is 29.2 Å². The Balaban J connectivity index is 1.80. The molecule has 0 radical (unpaired) electrons. The number of anilines is 1. The Morgan fingerprint density at radius 2 is 1.77 bits per heavy atom. The maximum atomic E-state index is 13.7. The van der Waals surface area contributed by atoms with Gasteiger partial charge in [0, 0.05) is 5.02 Å². The van der Waals surface area contributed by atoms with E-state index >= 15 is 0 Å². The zero-order valence-corrected chi connectivity index (χ0v) is 17.7. The second kappa shape index (κ2) is 8.03. The molecule has 2 atom stereocenters. The summed E-state index contributed by atoms with van der Waals surface area (Å²) in [7, 11) is 0. The van der Waals surface area contributed by atoms with E-state index in [1.807, 2.05) is 6.92 Å². The van der Waals surface area contributed by atoms with Crippen molar-refractivity contribution in [3.8, 4) is 5.75 Å². The third-order valence-electron chi connectivity index (χ3n) is 5.26. The molecule has 0 spiro atoms. The van der Waals surface area contributed by atoms with Crippen LogP contribution < -0.4 is 15.1 Å². The quantitative estimate of drug-likeness (QED) is 0.546. The van der Waals surface area contributed by atoms with Crippen molar-refractivity contribution in [3.63, 3.8) is 0 Å². The maximum Gasteiger partial charge on any atom is 0.355 e. The van der Waals surface area contributed by atoms with E-state index in [2.05, 4.69) is 10.5 Å². The van der Waals surface area contributed by atoms with Crippen LogP contribution in [-0.2, 0) is 24.7 Å². The number of carbonyl (C=O) groups excluding carboxylic acids is 3. The number of halogens is 1. The molecule has 160 valence electrons. The van der Waals surface area contributed by atoms with E-state index in [4.69, 9.17) is 21.1 Å². The molecule has 2 amide bonds. The number of rotatable bonds is 6. The smallest absolute Gasteiger partial charge is 0.355 e. The van der Waals surface area contributed by atoms with Gasteiger partial charge >= 0.3 is 5.97 Å². The predicted molar refractivity (Wildman–Crippen MR) is 114 cm³/mol. The van der Waals surface area contributed by atoms with Crippen molar-refractivity contribution in [1.29, 1.82) is 0 Å². The lowest BCUT2D eigenvalue weighted by atomic mass is 9.79. The number of fused-ring (bicyclic) bond motifs is 1. The minimum Gasteiger partial charge on any atom is -0.494 e. The standard InChI is InChI=1S/C22H20ClN3O5/c1-3-30-16-11-9-15(10-12-16)26-19(27)17-18(20(28)31-4-2)24-25-22(17,21(26)29)13-5-7-14(23)8-6-13/h5-12,17,25H,3-4H2,1-2H3/t17-,22+/m0/s1. The van der Waals surface area contributed by atoms with Crippen LogP contribution in [0.2, 0.25) is 5.02 Å². The first-order chi connectivity index (χ1) is 14.9. The number of imide groups is 1. The highest BCUT2D eigenvalue weighted by Gasteiger charge is 2.67. The van der Waals surface area contributed by atoms with Crippen molar-refractivity contribution in [2.24, 2.45) is 11.0 Å². The van der Waals surface area contributed by atoms with Gasteiger partial charge in [-0.1, -0.05) is 23.7 Å². The largest absolute Gasteiger partial charge is 0.494 e. The van der Waals surface area contributed by atoms with Crippen LogP contribution in [0.5, 0.6) is 5.75 Å². The van der Waals surface area contributed by atoms with Gasteiger partial charge in [0.15, 0.2) is 11.3 Å². The van der Waals surface area contributed by atoms with Crippen molar-refractivity contribution in [1.82, 2.24) is 5.43 Å². The lowest BCUT2D eigenvalue weighted by Gasteiger charge is -2.26. The number of benzene rings is 2. The fourth-order valence-electron chi connectivity index (χ4n) is 3.90. The van der Waals surface area contributed by atoms with Crippen LogP contribution in [0.3, 0.4) is 0 Å². The Bertz CT molecular complexity index is 1070. The third kappa shape index (κ3) is 3.23. The third-order valence-corrected chi connectivity index (χ3v) is 5.51. The minimum atomic E-state index is -1.57. The Labute approximate surface area is 183 Å². The maximum absolute atomic E-state index is 13.7. The number of esters is 1. The highest BCUT2D eigenvalue weighted by Crippen LogP contribution is 2.45. The van der Waals surface area contributed by atoms with E-state index in [-0.39, 0.29) is 12.3 Å². The number of nitrogens with zero attached hydrogens (tertiary/aromatic N) is 2. The summed E-state index contributed by atoms with van der Waals surface area (Å²) in [5.74, 6) is -2.42. The zero-order chi connectivity index (χ0) is 22.2. The summed E-state index contributed by atoms with van der Waals surface area (Å²) in [4.78, 5) is 40.8. The first-order valence-corrected chi connectivity index (χ1v) is 10.2. The summed E-state index contributed by atoms with van der Waals surface area (Å²) in [5.41, 5.74) is 1.91. The van der Waals surface area contributed by atoms with Crippen molar-refractivity contribution in [2.45, 2.75) is 19.4 Å². The van der Waals surface area contributed by atoms with Gasteiger partial charge in [-0.3, -0.25) is 15.0 Å². The van der Waals surface area contributed by atoms with Crippen LogP contribution >= 0.6 is 11.6 Å². The molecule has 8 nitrogen and oxygen atoms in total. The highest BCUT2D eigenvalue weighted by atomic mass is 35.5. The summed E-state index contributed by atoms with van der Waals surface area (Å²) in [6, 6.07) is 13.1. The Hall–Kier alpha value is -3.39. The van der Waals surface area contributed by atoms with Crippen LogP contribution in [0.1, 0.15) is 19.4 Å². The van der Waals surface area contributed by atoms with Crippen molar-refractivity contribution >= 4 is 40.8 Å². The molecule has 0 aliphatic carbocycles. The molecule has 0 unspecified atom stereocenters. The highest BCUT2D eigenvalue weighted by molar-refractivity contribution is 6.47. The zero-order valence-electron chi connectivity index (χ0n) is 16.9. The van der Waals surface area contributed by atoms with Crippen molar-refractivity contribution in [2.75, 3.05) is 18.1 Å². The number of hydrogen-bond acceptors (Lipinski definition) is 7. The van der Waals surface area contributed by atoms with Crippen LogP contribution in [-0.4, -0.2) is 36.7 Å². The average Bonchev–Trinajstić information content (AvgIpc) is 3.26. The second-order valence-corrected chi connectivity index (χ2v) is 7.42. The monoisotopic (exact) mass is 441 g/mol. The average molecular weight is 442 g/mol. The summed E-state index contributed by atoms with van der Waals surface area (Å²) < 4.78 is 10.5. The first-order valence-electron chi connectivity index (χ1n) is 9.83. The molecule has 1 N–H and O–H groups in total. The van der Waals surface area contributed by atoms with Gasteiger partial charge in [0.05, 0.1) is 18.9 Å². The fourth-order valence-corrected chi connectivity index (χ4v) is 4.03. The molecule has 2 aliphatic rings. The fraction of sp³-hybridized carbons (Fsp3) is 0.273. The number of hydrogen-bond donors (Lipinski definition) is 1. The van der Waals surface area contributed by atoms with Gasteiger partial charge in [-0.15, -0.1) is 0 Å². The second-order valence-electron chi connectivity index (χ2n) is 6.98.